The molecule has 0 aromatic heterocycles. The van der Waals surface area contributed by atoms with Crippen LogP contribution in [0.5, 0.6) is 0 Å². The van der Waals surface area contributed by atoms with E-state index in [0.717, 1.165) is 0 Å². The summed E-state index contributed by atoms with van der Waals surface area (Å²) < 4.78 is 13.1. The van der Waals surface area contributed by atoms with Gasteiger partial charge in [-0.1, -0.05) is 183 Å². The lowest BCUT2D eigenvalue weighted by Gasteiger charge is -2.43. The van der Waals surface area contributed by atoms with Crippen LogP contribution in [0.4, 0.5) is 0 Å². The van der Waals surface area contributed by atoms with Gasteiger partial charge in [-0.05, 0) is 28.8 Å². The third kappa shape index (κ3) is 10.3. The van der Waals surface area contributed by atoms with Crippen molar-refractivity contribution in [1.29, 1.82) is 0 Å². The smallest absolute Gasteiger partial charge is 0.261 e. The van der Waals surface area contributed by atoms with Crippen molar-refractivity contribution in [2.75, 3.05) is 6.61 Å². The third-order valence-corrected chi connectivity index (χ3v) is 13.6. The summed E-state index contributed by atoms with van der Waals surface area (Å²) in [4.78, 5) is 0. The summed E-state index contributed by atoms with van der Waals surface area (Å²) in [5.41, 5.74) is 1.28. The monoisotopic (exact) mass is 562 g/mol. The Kier molecular flexibility index (Phi) is 14.2. The second-order valence-electron chi connectivity index (χ2n) is 13.1. The van der Waals surface area contributed by atoms with Crippen LogP contribution in [0.25, 0.3) is 0 Å². The number of benzene rings is 2. The molecule has 3 rings (SSSR count). The van der Waals surface area contributed by atoms with Crippen LogP contribution in [0, 0.1) is 0 Å². The Morgan fingerprint density at radius 3 is 1.62 bits per heavy atom. The zero-order valence-corrected chi connectivity index (χ0v) is 27.4. The molecule has 1 aliphatic rings. The lowest BCUT2D eigenvalue weighted by molar-refractivity contribution is 0.328. The fourth-order valence-electron chi connectivity index (χ4n) is 6.21. The first-order valence-electron chi connectivity index (χ1n) is 16.5. The number of unbranched alkanes of at least 4 members (excludes halogenated alkanes) is 12. The predicted octanol–water partition coefficient (Wildman–Crippen LogP) is 9.76. The number of rotatable bonds is 20. The van der Waals surface area contributed by atoms with E-state index in [1.807, 2.05) is 0 Å². The highest BCUT2D eigenvalue weighted by molar-refractivity contribution is 6.99. The van der Waals surface area contributed by atoms with Gasteiger partial charge in [0.25, 0.3) is 8.32 Å². The van der Waals surface area contributed by atoms with Gasteiger partial charge in [0.05, 0.1) is 12.7 Å². The van der Waals surface area contributed by atoms with Gasteiger partial charge < -0.3 is 9.16 Å². The highest BCUT2D eigenvalue weighted by Gasteiger charge is 2.50. The van der Waals surface area contributed by atoms with E-state index in [1.165, 1.54) is 106 Å². The maximum atomic E-state index is 7.09. The van der Waals surface area contributed by atoms with Crippen molar-refractivity contribution < 1.29 is 9.16 Å². The maximum Gasteiger partial charge on any atom is 0.261 e. The second-order valence-corrected chi connectivity index (χ2v) is 17.4. The minimum atomic E-state index is -2.49. The molecule has 3 heteroatoms. The van der Waals surface area contributed by atoms with Crippen molar-refractivity contribution >= 4 is 18.7 Å². The number of hydrogen-bond donors (Lipinski definition) is 0. The average Bonchev–Trinajstić information content (AvgIpc) is 3.69. The second kappa shape index (κ2) is 17.3. The van der Waals surface area contributed by atoms with E-state index >= 15 is 0 Å². The van der Waals surface area contributed by atoms with Gasteiger partial charge in [-0.2, -0.15) is 0 Å². The number of hydrogen-bond acceptors (Lipinski definition) is 2. The van der Waals surface area contributed by atoms with E-state index in [2.05, 4.69) is 101 Å². The first-order valence-corrected chi connectivity index (χ1v) is 18.4. The molecular weight excluding hydrogens is 504 g/mol. The highest BCUT2D eigenvalue weighted by Crippen LogP contribution is 2.37. The summed E-state index contributed by atoms with van der Waals surface area (Å²) in [6, 6.07) is 21.9. The topological polar surface area (TPSA) is 21.8 Å². The molecule has 0 radical (unpaired) electrons. The molecular formula is C37H58O2Si. The first-order chi connectivity index (χ1) is 19.4. The van der Waals surface area contributed by atoms with Crippen LogP contribution in [0.15, 0.2) is 72.3 Å². The Balaban J connectivity index is 1.38. The van der Waals surface area contributed by atoms with E-state index in [9.17, 15) is 0 Å². The molecule has 0 N–H and O–H groups in total. The molecule has 0 saturated carbocycles. The van der Waals surface area contributed by atoms with Crippen LogP contribution in [0.3, 0.4) is 0 Å². The van der Waals surface area contributed by atoms with Gasteiger partial charge in [0, 0.05) is 0 Å². The number of ether oxygens (including phenoxy) is 1. The van der Waals surface area contributed by atoms with Crippen molar-refractivity contribution in [3.8, 4) is 0 Å². The average molecular weight is 563 g/mol. The Morgan fingerprint density at radius 1 is 0.725 bits per heavy atom. The molecule has 2 nitrogen and oxygen atoms in total. The van der Waals surface area contributed by atoms with Crippen molar-refractivity contribution in [2.24, 2.45) is 0 Å². The summed E-state index contributed by atoms with van der Waals surface area (Å²) in [7, 11) is -2.49. The SMILES string of the molecule is CCCCCCCCCCCCCCCC1OC1/C=C(\C)CO[Si](c1ccccc1)(c1ccccc1)C(C)(C)C. The summed E-state index contributed by atoms with van der Waals surface area (Å²) in [5, 5.41) is 2.68. The van der Waals surface area contributed by atoms with Gasteiger partial charge in [-0.15, -0.1) is 0 Å². The Morgan fingerprint density at radius 2 is 1.18 bits per heavy atom. The molecule has 1 fully saturated rings. The van der Waals surface area contributed by atoms with Gasteiger partial charge in [0.1, 0.15) is 6.10 Å². The summed E-state index contributed by atoms with van der Waals surface area (Å²) in [6.45, 7) is 12.2. The van der Waals surface area contributed by atoms with Gasteiger partial charge in [-0.3, -0.25) is 0 Å². The van der Waals surface area contributed by atoms with Crippen LogP contribution in [0.1, 0.15) is 125 Å². The Hall–Kier alpha value is -1.68. The Labute approximate surface area is 248 Å². The van der Waals surface area contributed by atoms with E-state index < -0.39 is 8.32 Å². The van der Waals surface area contributed by atoms with Crippen molar-refractivity contribution in [3.05, 3.63) is 72.3 Å². The standard InChI is InChI=1S/C37H58O2Si/c1-6-7-8-9-10-11-12-13-14-15-16-17-24-29-35-36(39-35)30-32(2)31-38-40(37(3,4)5,33-25-20-18-21-26-33)34-27-22-19-23-28-34/h18-23,25-28,30,35-36H,6-17,24,29,31H2,1-5H3/b32-30+. The predicted molar refractivity (Wildman–Crippen MR) is 176 cm³/mol. The molecule has 2 atom stereocenters. The van der Waals surface area contributed by atoms with E-state index in [1.54, 1.807) is 0 Å². The molecule has 1 saturated heterocycles. The fraction of sp³-hybridized carbons (Fsp3) is 0.622. The fourth-order valence-corrected chi connectivity index (χ4v) is 10.8. The summed E-state index contributed by atoms with van der Waals surface area (Å²) in [6.07, 6.45) is 22.5. The van der Waals surface area contributed by atoms with E-state index in [4.69, 9.17) is 9.16 Å². The zero-order valence-electron chi connectivity index (χ0n) is 26.4. The third-order valence-electron chi connectivity index (χ3n) is 8.60. The molecule has 2 unspecified atom stereocenters. The van der Waals surface area contributed by atoms with Gasteiger partial charge in [0.2, 0.25) is 0 Å². The molecule has 1 aliphatic heterocycles. The largest absolute Gasteiger partial charge is 0.403 e. The number of epoxide rings is 1. The molecule has 1 heterocycles. The minimum Gasteiger partial charge on any atom is -0.403 e. The van der Waals surface area contributed by atoms with Crippen molar-refractivity contribution in [1.82, 2.24) is 0 Å². The zero-order chi connectivity index (χ0) is 28.7. The lowest BCUT2D eigenvalue weighted by Crippen LogP contribution is -2.66. The molecule has 2 aromatic rings. The minimum absolute atomic E-state index is 0.00283. The van der Waals surface area contributed by atoms with Gasteiger partial charge in [-0.25, -0.2) is 0 Å². The molecule has 40 heavy (non-hydrogen) atoms. The normalized spacial score (nSPS) is 17.8. The molecule has 0 spiro atoms. The van der Waals surface area contributed by atoms with Gasteiger partial charge >= 0.3 is 0 Å². The molecule has 222 valence electrons. The van der Waals surface area contributed by atoms with Crippen LogP contribution in [-0.4, -0.2) is 27.1 Å². The first kappa shape index (κ1) is 32.8. The molecule has 2 aromatic carbocycles. The quantitative estimate of drug-likeness (QED) is 0.0693. The van der Waals surface area contributed by atoms with Crippen molar-refractivity contribution in [3.63, 3.8) is 0 Å². The van der Waals surface area contributed by atoms with E-state index in [0.29, 0.717) is 12.7 Å². The van der Waals surface area contributed by atoms with Crippen LogP contribution >= 0.6 is 0 Å². The van der Waals surface area contributed by atoms with Crippen LogP contribution in [-0.2, 0) is 9.16 Å². The molecule has 0 amide bonds. The lowest BCUT2D eigenvalue weighted by atomic mass is 10.0. The van der Waals surface area contributed by atoms with E-state index in [-0.39, 0.29) is 11.1 Å². The highest BCUT2D eigenvalue weighted by atomic mass is 28.4. The van der Waals surface area contributed by atoms with Crippen LogP contribution in [0.2, 0.25) is 5.04 Å². The van der Waals surface area contributed by atoms with Crippen LogP contribution < -0.4 is 10.4 Å². The summed E-state index contributed by atoms with van der Waals surface area (Å²) in [5.74, 6) is 0. The van der Waals surface area contributed by atoms with Crippen molar-refractivity contribution in [2.45, 2.75) is 142 Å². The molecule has 0 bridgehead atoms. The summed E-state index contributed by atoms with van der Waals surface area (Å²) >= 11 is 0. The Bertz CT molecular complexity index is 923. The maximum absolute atomic E-state index is 7.09. The van der Waals surface area contributed by atoms with Gasteiger partial charge in [0.15, 0.2) is 0 Å². The molecule has 0 aliphatic carbocycles.